The van der Waals surface area contributed by atoms with Crippen molar-refractivity contribution in [1.82, 2.24) is 0 Å². The molecule has 0 bridgehead atoms. The summed E-state index contributed by atoms with van der Waals surface area (Å²) in [6.45, 7) is 8.00. The number of carboxylic acid groups (broad SMARTS) is 1. The number of carbonyl (C=O) groups is 1. The van der Waals surface area contributed by atoms with Crippen molar-refractivity contribution < 1.29 is 9.90 Å². The molecule has 88 valence electrons. The average Bonchev–Trinajstić information content (AvgIpc) is 2.55. The highest BCUT2D eigenvalue weighted by Crippen LogP contribution is 2.45. The maximum Gasteiger partial charge on any atom is 0.307 e. The normalized spacial score (nSPS) is 26.6. The third-order valence-corrected chi connectivity index (χ3v) is 3.34. The number of aliphatic carboxylic acids is 1. The summed E-state index contributed by atoms with van der Waals surface area (Å²) in [5, 5.41) is 9.13. The first-order chi connectivity index (χ1) is 7.63. The minimum atomic E-state index is -0.679. The summed E-state index contributed by atoms with van der Waals surface area (Å²) in [4.78, 5) is 11.1. The Morgan fingerprint density at radius 3 is 1.75 bits per heavy atom. The third kappa shape index (κ3) is 1.97. The van der Waals surface area contributed by atoms with Gasteiger partial charge in [-0.2, -0.15) is 0 Å². The van der Waals surface area contributed by atoms with Crippen LogP contribution in [0.2, 0.25) is 0 Å². The van der Waals surface area contributed by atoms with Gasteiger partial charge in [-0.1, -0.05) is 52.0 Å². The number of hydrogen-bond acceptors (Lipinski definition) is 1. The Morgan fingerprint density at radius 1 is 1.06 bits per heavy atom. The molecule has 2 rings (SSSR count). The summed E-state index contributed by atoms with van der Waals surface area (Å²) in [7, 11) is 0. The number of rotatable bonds is 1. The smallest absolute Gasteiger partial charge is 0.307 e. The van der Waals surface area contributed by atoms with Crippen LogP contribution in [-0.4, -0.2) is 11.1 Å². The summed E-state index contributed by atoms with van der Waals surface area (Å²) in [5.41, 5.74) is 2.40. The molecule has 2 heteroatoms. The zero-order valence-electron chi connectivity index (χ0n) is 10.4. The lowest BCUT2D eigenvalue weighted by Crippen LogP contribution is -2.19. The number of carboxylic acids is 1. The topological polar surface area (TPSA) is 37.3 Å². The van der Waals surface area contributed by atoms with Crippen molar-refractivity contribution >= 4 is 5.97 Å². The van der Waals surface area contributed by atoms with Crippen molar-refractivity contribution in [1.29, 1.82) is 0 Å². The molecule has 0 aliphatic heterocycles. The second kappa shape index (κ2) is 5.15. The van der Waals surface area contributed by atoms with Gasteiger partial charge in [-0.05, 0) is 23.0 Å². The van der Waals surface area contributed by atoms with E-state index in [0.29, 0.717) is 0 Å². The van der Waals surface area contributed by atoms with Gasteiger partial charge in [0.25, 0.3) is 0 Å². The van der Waals surface area contributed by atoms with Crippen LogP contribution in [0.15, 0.2) is 24.3 Å². The molecule has 0 fully saturated rings. The summed E-state index contributed by atoms with van der Waals surface area (Å²) in [6.07, 6.45) is 0. The Morgan fingerprint density at radius 2 is 1.44 bits per heavy atom. The van der Waals surface area contributed by atoms with Crippen LogP contribution < -0.4 is 0 Å². The molecule has 1 N–H and O–H groups in total. The minimum absolute atomic E-state index is 0.138. The Kier molecular flexibility index (Phi) is 4.11. The van der Waals surface area contributed by atoms with Gasteiger partial charge in [0.2, 0.25) is 0 Å². The quantitative estimate of drug-likeness (QED) is 0.784. The van der Waals surface area contributed by atoms with E-state index >= 15 is 0 Å². The molecule has 0 spiro atoms. The van der Waals surface area contributed by atoms with Gasteiger partial charge in [0, 0.05) is 0 Å². The van der Waals surface area contributed by atoms with Crippen LogP contribution in [-0.2, 0) is 4.79 Å². The molecule has 0 amide bonds. The Bertz CT molecular complexity index is 342. The van der Waals surface area contributed by atoms with Crippen LogP contribution in [0.4, 0.5) is 0 Å². The van der Waals surface area contributed by atoms with Crippen molar-refractivity contribution in [3.8, 4) is 0 Å². The summed E-state index contributed by atoms with van der Waals surface area (Å²) < 4.78 is 0. The van der Waals surface area contributed by atoms with E-state index in [-0.39, 0.29) is 17.8 Å². The van der Waals surface area contributed by atoms with E-state index in [1.165, 1.54) is 11.1 Å². The highest BCUT2D eigenvalue weighted by Gasteiger charge is 2.39. The van der Waals surface area contributed by atoms with E-state index in [1.807, 2.05) is 52.0 Å². The molecule has 3 atom stereocenters. The van der Waals surface area contributed by atoms with Crippen LogP contribution in [0, 0.1) is 5.92 Å². The predicted octanol–water partition coefficient (Wildman–Crippen LogP) is 3.63. The van der Waals surface area contributed by atoms with Gasteiger partial charge in [-0.15, -0.1) is 0 Å². The zero-order valence-corrected chi connectivity index (χ0v) is 10.4. The Hall–Kier alpha value is -1.31. The number of benzene rings is 1. The fourth-order valence-electron chi connectivity index (χ4n) is 2.59. The lowest BCUT2D eigenvalue weighted by atomic mass is 9.89. The van der Waals surface area contributed by atoms with E-state index in [9.17, 15) is 4.79 Å². The fourth-order valence-corrected chi connectivity index (χ4v) is 2.59. The van der Waals surface area contributed by atoms with E-state index in [0.717, 1.165) is 0 Å². The first-order valence-electron chi connectivity index (χ1n) is 5.94. The molecule has 1 aromatic rings. The second-order valence-electron chi connectivity index (χ2n) is 4.07. The molecule has 1 unspecified atom stereocenters. The maximum atomic E-state index is 11.1. The molecule has 1 aliphatic rings. The SMILES string of the molecule is CC.C[C@@H]1c2ccccc2[C@H](C)C1C(=O)O. The van der Waals surface area contributed by atoms with Crippen molar-refractivity contribution in [3.05, 3.63) is 35.4 Å². The highest BCUT2D eigenvalue weighted by molar-refractivity contribution is 5.74. The second-order valence-corrected chi connectivity index (χ2v) is 4.07. The monoisotopic (exact) mass is 220 g/mol. The summed E-state index contributed by atoms with van der Waals surface area (Å²) in [6, 6.07) is 8.04. The molecule has 0 saturated heterocycles. The molecule has 0 radical (unpaired) electrons. The van der Waals surface area contributed by atoms with Gasteiger partial charge in [0.1, 0.15) is 0 Å². The van der Waals surface area contributed by atoms with Crippen molar-refractivity contribution in [2.75, 3.05) is 0 Å². The molecule has 1 aliphatic carbocycles. The van der Waals surface area contributed by atoms with Crippen LogP contribution in [0.3, 0.4) is 0 Å². The average molecular weight is 220 g/mol. The van der Waals surface area contributed by atoms with Gasteiger partial charge in [-0.25, -0.2) is 0 Å². The summed E-state index contributed by atoms with van der Waals surface area (Å²) >= 11 is 0. The molecular weight excluding hydrogens is 200 g/mol. The standard InChI is InChI=1S/C12H14O2.C2H6/c1-7-9-5-3-4-6-10(9)8(2)11(7)12(13)14;1-2/h3-8,11H,1-2H3,(H,13,14);1-2H3/t7-,8+,11?;. The van der Waals surface area contributed by atoms with Crippen molar-refractivity contribution in [2.24, 2.45) is 5.92 Å². The van der Waals surface area contributed by atoms with Crippen molar-refractivity contribution in [2.45, 2.75) is 39.5 Å². The van der Waals surface area contributed by atoms with Crippen molar-refractivity contribution in [3.63, 3.8) is 0 Å². The van der Waals surface area contributed by atoms with Crippen LogP contribution in [0.5, 0.6) is 0 Å². The third-order valence-electron chi connectivity index (χ3n) is 3.34. The highest BCUT2D eigenvalue weighted by atomic mass is 16.4. The molecular formula is C14H20O2. The molecule has 0 saturated carbocycles. The summed E-state index contributed by atoms with van der Waals surface area (Å²) in [5.74, 6) is -0.661. The largest absolute Gasteiger partial charge is 0.481 e. The van der Waals surface area contributed by atoms with E-state index in [1.54, 1.807) is 0 Å². The molecule has 0 heterocycles. The molecule has 2 nitrogen and oxygen atoms in total. The van der Waals surface area contributed by atoms with E-state index < -0.39 is 5.97 Å². The minimum Gasteiger partial charge on any atom is -0.481 e. The molecule has 0 aromatic heterocycles. The van der Waals surface area contributed by atoms with E-state index in [4.69, 9.17) is 5.11 Å². The van der Waals surface area contributed by atoms with Gasteiger partial charge in [-0.3, -0.25) is 4.79 Å². The fraction of sp³-hybridized carbons (Fsp3) is 0.500. The number of hydrogen-bond donors (Lipinski definition) is 1. The lowest BCUT2D eigenvalue weighted by molar-refractivity contribution is -0.142. The van der Waals surface area contributed by atoms with Crippen LogP contribution in [0.1, 0.15) is 50.7 Å². The maximum absolute atomic E-state index is 11.1. The van der Waals surface area contributed by atoms with Crippen LogP contribution >= 0.6 is 0 Å². The Balaban J connectivity index is 0.000000606. The first kappa shape index (κ1) is 12.8. The Labute approximate surface area is 97.3 Å². The number of fused-ring (bicyclic) bond motifs is 1. The zero-order chi connectivity index (χ0) is 12.3. The van der Waals surface area contributed by atoms with Crippen LogP contribution in [0.25, 0.3) is 0 Å². The lowest BCUT2D eigenvalue weighted by Gasteiger charge is -2.14. The first-order valence-corrected chi connectivity index (χ1v) is 5.94. The van der Waals surface area contributed by atoms with Gasteiger partial charge in [0.15, 0.2) is 0 Å². The van der Waals surface area contributed by atoms with E-state index in [2.05, 4.69) is 0 Å². The van der Waals surface area contributed by atoms with Gasteiger partial charge < -0.3 is 5.11 Å². The molecule has 16 heavy (non-hydrogen) atoms. The van der Waals surface area contributed by atoms with Gasteiger partial charge in [0.05, 0.1) is 5.92 Å². The molecule has 1 aromatic carbocycles. The van der Waals surface area contributed by atoms with Gasteiger partial charge >= 0.3 is 5.97 Å². The predicted molar refractivity (Wildman–Crippen MR) is 65.7 cm³/mol.